The summed E-state index contributed by atoms with van der Waals surface area (Å²) in [5.41, 5.74) is 1.91. The third-order valence-corrected chi connectivity index (χ3v) is 6.03. The number of hydrogen-bond donors (Lipinski definition) is 1. The number of rotatable bonds is 6. The van der Waals surface area contributed by atoms with E-state index in [0.717, 1.165) is 12.8 Å². The molecule has 0 radical (unpaired) electrons. The van der Waals surface area contributed by atoms with Crippen LogP contribution in [0, 0.1) is 0 Å². The molecule has 0 aromatic heterocycles. The van der Waals surface area contributed by atoms with E-state index in [-0.39, 0.29) is 11.7 Å². The number of nitrogens with one attached hydrogen (secondary N) is 1. The van der Waals surface area contributed by atoms with E-state index >= 15 is 0 Å². The monoisotopic (exact) mass is 324 g/mol. The topological polar surface area (TPSA) is 66.5 Å². The van der Waals surface area contributed by atoms with Crippen molar-refractivity contribution in [2.75, 3.05) is 17.6 Å². The van der Waals surface area contributed by atoms with Crippen molar-refractivity contribution in [3.05, 3.63) is 29.8 Å². The number of anilines is 1. The van der Waals surface area contributed by atoms with Crippen LogP contribution in [-0.2, 0) is 21.2 Å². The summed E-state index contributed by atoms with van der Waals surface area (Å²) in [6.07, 6.45) is 2.82. The molecule has 1 atom stereocenters. The highest BCUT2D eigenvalue weighted by Crippen LogP contribution is 2.23. The number of carbonyl (C=O) groups is 1. The largest absolute Gasteiger partial charge is 0.325 e. The number of nitrogens with zero attached hydrogens (tertiary/aromatic N) is 1. The third-order valence-electron chi connectivity index (χ3n) is 3.96. The summed E-state index contributed by atoms with van der Waals surface area (Å²) >= 11 is 0. The average Bonchev–Trinajstić information content (AvgIpc) is 2.98. The first kappa shape index (κ1) is 17.0. The molecule has 5 nitrogen and oxygen atoms in total. The molecule has 1 aliphatic heterocycles. The lowest BCUT2D eigenvalue weighted by Gasteiger charge is -2.23. The Bertz CT molecular complexity index is 611. The molecule has 0 aliphatic carbocycles. The minimum Gasteiger partial charge on any atom is -0.325 e. The maximum Gasteiger partial charge on any atom is 0.242 e. The molecule has 1 saturated heterocycles. The van der Waals surface area contributed by atoms with E-state index in [1.165, 1.54) is 9.87 Å². The van der Waals surface area contributed by atoms with Crippen LogP contribution in [0.4, 0.5) is 5.69 Å². The lowest BCUT2D eigenvalue weighted by Crippen LogP contribution is -2.44. The molecule has 0 saturated carbocycles. The molecule has 1 amide bonds. The fourth-order valence-corrected chi connectivity index (χ4v) is 4.51. The van der Waals surface area contributed by atoms with Crippen LogP contribution in [-0.4, -0.2) is 37.0 Å². The Morgan fingerprint density at radius 1 is 1.27 bits per heavy atom. The molecule has 22 heavy (non-hydrogen) atoms. The molecule has 1 aromatic rings. The van der Waals surface area contributed by atoms with E-state index < -0.39 is 16.1 Å². The standard InChI is InChI=1S/C16H24N2O3S/c1-3-12-22(20,21)18-11-5-6-15(18)16(19)17-14-9-7-13(4-2)8-10-14/h7-10,15H,3-6,11-12H2,1-2H3,(H,17,19). The Balaban J connectivity index is 2.07. The van der Waals surface area contributed by atoms with E-state index in [9.17, 15) is 13.2 Å². The Labute approximate surface area is 132 Å². The smallest absolute Gasteiger partial charge is 0.242 e. The highest BCUT2D eigenvalue weighted by molar-refractivity contribution is 7.89. The summed E-state index contributed by atoms with van der Waals surface area (Å²) in [5, 5.41) is 2.83. The van der Waals surface area contributed by atoms with Crippen molar-refractivity contribution < 1.29 is 13.2 Å². The lowest BCUT2D eigenvalue weighted by atomic mass is 10.1. The van der Waals surface area contributed by atoms with Gasteiger partial charge in [-0.25, -0.2) is 8.42 Å². The summed E-state index contributed by atoms with van der Waals surface area (Å²) in [7, 11) is -3.33. The van der Waals surface area contributed by atoms with Gasteiger partial charge in [-0.3, -0.25) is 4.79 Å². The number of hydrogen-bond acceptors (Lipinski definition) is 3. The Kier molecular flexibility index (Phi) is 5.58. The van der Waals surface area contributed by atoms with Crippen LogP contribution in [0.25, 0.3) is 0 Å². The summed E-state index contributed by atoms with van der Waals surface area (Å²) < 4.78 is 25.8. The quantitative estimate of drug-likeness (QED) is 0.874. The molecule has 122 valence electrons. The predicted octanol–water partition coefficient (Wildman–Crippen LogP) is 2.39. The van der Waals surface area contributed by atoms with Gasteiger partial charge in [-0.2, -0.15) is 4.31 Å². The first-order valence-electron chi connectivity index (χ1n) is 7.87. The van der Waals surface area contributed by atoms with Gasteiger partial charge >= 0.3 is 0 Å². The average molecular weight is 324 g/mol. The van der Waals surface area contributed by atoms with E-state index in [4.69, 9.17) is 0 Å². The second kappa shape index (κ2) is 7.24. The van der Waals surface area contributed by atoms with Gasteiger partial charge in [0.05, 0.1) is 5.75 Å². The van der Waals surface area contributed by atoms with E-state index in [1.807, 2.05) is 31.2 Å². The van der Waals surface area contributed by atoms with Crippen molar-refractivity contribution in [1.29, 1.82) is 0 Å². The minimum atomic E-state index is -3.33. The van der Waals surface area contributed by atoms with Crippen molar-refractivity contribution in [2.45, 2.75) is 45.6 Å². The molecule has 1 N–H and O–H groups in total. The van der Waals surface area contributed by atoms with Gasteiger partial charge < -0.3 is 5.32 Å². The SMILES string of the molecule is CCCS(=O)(=O)N1CCCC1C(=O)Nc1ccc(CC)cc1. The predicted molar refractivity (Wildman–Crippen MR) is 88.3 cm³/mol. The van der Waals surface area contributed by atoms with Gasteiger partial charge in [-0.05, 0) is 43.4 Å². The molecular weight excluding hydrogens is 300 g/mol. The van der Waals surface area contributed by atoms with Crippen molar-refractivity contribution in [2.24, 2.45) is 0 Å². The van der Waals surface area contributed by atoms with E-state index in [0.29, 0.717) is 25.1 Å². The molecule has 0 spiro atoms. The highest BCUT2D eigenvalue weighted by Gasteiger charge is 2.37. The molecule has 2 rings (SSSR count). The second-order valence-corrected chi connectivity index (χ2v) is 7.67. The molecule has 1 aliphatic rings. The van der Waals surface area contributed by atoms with Crippen LogP contribution in [0.5, 0.6) is 0 Å². The van der Waals surface area contributed by atoms with Crippen LogP contribution in [0.3, 0.4) is 0 Å². The number of carbonyl (C=O) groups excluding carboxylic acids is 1. The first-order valence-corrected chi connectivity index (χ1v) is 9.48. The first-order chi connectivity index (χ1) is 10.5. The Morgan fingerprint density at radius 2 is 1.95 bits per heavy atom. The van der Waals surface area contributed by atoms with Crippen LogP contribution in [0.1, 0.15) is 38.7 Å². The normalized spacial score (nSPS) is 19.3. The van der Waals surface area contributed by atoms with Gasteiger partial charge in [0.2, 0.25) is 15.9 Å². The summed E-state index contributed by atoms with van der Waals surface area (Å²) in [4.78, 5) is 12.4. The maximum absolute atomic E-state index is 12.4. The second-order valence-electron chi connectivity index (χ2n) is 5.62. The molecular formula is C16H24N2O3S. The van der Waals surface area contributed by atoms with Crippen LogP contribution >= 0.6 is 0 Å². The van der Waals surface area contributed by atoms with Gasteiger partial charge in [0.25, 0.3) is 0 Å². The van der Waals surface area contributed by atoms with E-state index in [2.05, 4.69) is 12.2 Å². The van der Waals surface area contributed by atoms with Crippen molar-refractivity contribution >= 4 is 21.6 Å². The summed E-state index contributed by atoms with van der Waals surface area (Å²) in [6, 6.07) is 7.07. The number of amides is 1. The maximum atomic E-state index is 12.4. The van der Waals surface area contributed by atoms with Crippen molar-refractivity contribution in [1.82, 2.24) is 4.31 Å². The van der Waals surface area contributed by atoms with Gasteiger partial charge in [-0.15, -0.1) is 0 Å². The lowest BCUT2D eigenvalue weighted by molar-refractivity contribution is -0.119. The molecule has 0 bridgehead atoms. The molecule has 1 fully saturated rings. The Morgan fingerprint density at radius 3 is 2.55 bits per heavy atom. The summed E-state index contributed by atoms with van der Waals surface area (Å²) in [5.74, 6) is -0.136. The van der Waals surface area contributed by atoms with Crippen LogP contribution in [0.2, 0.25) is 0 Å². The molecule has 6 heteroatoms. The number of benzene rings is 1. The van der Waals surface area contributed by atoms with Gasteiger partial charge in [0.15, 0.2) is 0 Å². The number of sulfonamides is 1. The number of aryl methyl sites for hydroxylation is 1. The third kappa shape index (κ3) is 3.87. The highest BCUT2D eigenvalue weighted by atomic mass is 32.2. The zero-order chi connectivity index (χ0) is 16.2. The Hall–Kier alpha value is -1.40. The van der Waals surface area contributed by atoms with Crippen molar-refractivity contribution in [3.8, 4) is 0 Å². The van der Waals surface area contributed by atoms with Gasteiger partial charge in [-0.1, -0.05) is 26.0 Å². The van der Waals surface area contributed by atoms with E-state index in [1.54, 1.807) is 0 Å². The minimum absolute atomic E-state index is 0.0992. The zero-order valence-electron chi connectivity index (χ0n) is 13.2. The van der Waals surface area contributed by atoms with Gasteiger partial charge in [0, 0.05) is 12.2 Å². The van der Waals surface area contributed by atoms with Crippen LogP contribution in [0.15, 0.2) is 24.3 Å². The van der Waals surface area contributed by atoms with Gasteiger partial charge in [0.1, 0.15) is 6.04 Å². The summed E-state index contributed by atoms with van der Waals surface area (Å²) in [6.45, 7) is 4.34. The molecule has 1 unspecified atom stereocenters. The van der Waals surface area contributed by atoms with Crippen molar-refractivity contribution in [3.63, 3.8) is 0 Å². The van der Waals surface area contributed by atoms with Crippen LogP contribution < -0.4 is 5.32 Å². The fraction of sp³-hybridized carbons (Fsp3) is 0.562. The molecule has 1 heterocycles. The zero-order valence-corrected chi connectivity index (χ0v) is 14.0. The fourth-order valence-electron chi connectivity index (χ4n) is 2.76. The molecule has 1 aromatic carbocycles.